The average Bonchev–Trinajstić information content (AvgIpc) is 3.06. The Hall–Kier alpha value is -1.79. The lowest BCUT2D eigenvalue weighted by Crippen LogP contribution is -2.56. The molecule has 0 aromatic rings. The predicted molar refractivity (Wildman–Crippen MR) is 98.5 cm³/mol. The third-order valence-corrected chi connectivity index (χ3v) is 5.87. The second kappa shape index (κ2) is 8.73. The molecule has 2 aliphatic heterocycles. The highest BCUT2D eigenvalue weighted by atomic mass is 16.2. The molecule has 26 heavy (non-hydrogen) atoms. The zero-order valence-corrected chi connectivity index (χ0v) is 15.9. The molecule has 0 aromatic heterocycles. The lowest BCUT2D eigenvalue weighted by atomic mass is 9.88. The van der Waals surface area contributed by atoms with Crippen LogP contribution in [0.25, 0.3) is 0 Å². The Morgan fingerprint density at radius 1 is 1.00 bits per heavy atom. The minimum Gasteiger partial charge on any atom is -0.341 e. The van der Waals surface area contributed by atoms with Gasteiger partial charge in [-0.05, 0) is 26.2 Å². The van der Waals surface area contributed by atoms with Gasteiger partial charge in [-0.25, -0.2) is 4.79 Å². The molecule has 4 amide bonds. The second-order valence-corrected chi connectivity index (χ2v) is 7.94. The maximum atomic E-state index is 12.6. The molecule has 1 aliphatic carbocycles. The maximum absolute atomic E-state index is 12.6. The van der Waals surface area contributed by atoms with E-state index in [1.54, 1.807) is 4.90 Å². The second-order valence-electron chi connectivity index (χ2n) is 7.94. The fourth-order valence-corrected chi connectivity index (χ4v) is 4.31. The van der Waals surface area contributed by atoms with Gasteiger partial charge in [-0.1, -0.05) is 19.3 Å². The number of urea groups is 1. The minimum atomic E-state index is -0.0890. The van der Waals surface area contributed by atoms with Crippen LogP contribution in [0.1, 0.15) is 51.9 Å². The van der Waals surface area contributed by atoms with Gasteiger partial charge < -0.3 is 20.0 Å². The summed E-state index contributed by atoms with van der Waals surface area (Å²) in [4.78, 5) is 42.3. The Balaban J connectivity index is 1.40. The Morgan fingerprint density at radius 2 is 1.65 bits per heavy atom. The lowest BCUT2D eigenvalue weighted by molar-refractivity contribution is -0.138. The van der Waals surface area contributed by atoms with Gasteiger partial charge in [0.15, 0.2) is 0 Å². The summed E-state index contributed by atoms with van der Waals surface area (Å²) >= 11 is 0. The van der Waals surface area contributed by atoms with Crippen molar-refractivity contribution in [2.75, 3.05) is 39.3 Å². The van der Waals surface area contributed by atoms with Crippen LogP contribution in [0.5, 0.6) is 0 Å². The van der Waals surface area contributed by atoms with Crippen LogP contribution in [-0.2, 0) is 9.59 Å². The molecule has 1 unspecified atom stereocenters. The van der Waals surface area contributed by atoms with E-state index < -0.39 is 0 Å². The Kier molecular flexibility index (Phi) is 6.38. The van der Waals surface area contributed by atoms with Crippen LogP contribution in [0.4, 0.5) is 4.79 Å². The summed E-state index contributed by atoms with van der Waals surface area (Å²) in [6, 6.07) is -0.152. The molecule has 0 spiro atoms. The minimum absolute atomic E-state index is 0.0635. The monoisotopic (exact) mass is 364 g/mol. The van der Waals surface area contributed by atoms with Crippen molar-refractivity contribution in [3.05, 3.63) is 0 Å². The molecular formula is C19H32N4O3. The number of carbonyl (C=O) groups is 3. The molecule has 7 nitrogen and oxygen atoms in total. The average molecular weight is 364 g/mol. The number of piperazine rings is 1. The number of hydrogen-bond donors (Lipinski definition) is 1. The third kappa shape index (κ3) is 4.68. The van der Waals surface area contributed by atoms with Gasteiger partial charge in [0.1, 0.15) is 0 Å². The largest absolute Gasteiger partial charge is 0.341 e. The molecule has 1 saturated carbocycles. The van der Waals surface area contributed by atoms with Crippen molar-refractivity contribution in [1.29, 1.82) is 0 Å². The van der Waals surface area contributed by atoms with Gasteiger partial charge in [0.05, 0.1) is 0 Å². The van der Waals surface area contributed by atoms with Crippen molar-refractivity contribution >= 4 is 17.8 Å². The fourth-order valence-electron chi connectivity index (χ4n) is 4.31. The molecule has 3 rings (SSSR count). The normalized spacial score (nSPS) is 23.3. The van der Waals surface area contributed by atoms with Crippen LogP contribution >= 0.6 is 0 Å². The molecule has 1 atom stereocenters. The molecule has 2 heterocycles. The van der Waals surface area contributed by atoms with E-state index in [2.05, 4.69) is 5.32 Å². The first-order chi connectivity index (χ1) is 12.5. The highest BCUT2D eigenvalue weighted by Gasteiger charge is 2.30. The van der Waals surface area contributed by atoms with Crippen LogP contribution in [0, 0.1) is 5.92 Å². The van der Waals surface area contributed by atoms with E-state index in [-0.39, 0.29) is 29.8 Å². The number of rotatable bonds is 4. The third-order valence-electron chi connectivity index (χ3n) is 5.87. The number of nitrogens with one attached hydrogen (secondary N) is 1. The van der Waals surface area contributed by atoms with E-state index in [1.807, 2.05) is 16.7 Å². The van der Waals surface area contributed by atoms with Crippen LogP contribution in [-0.4, -0.2) is 77.9 Å². The first-order valence-corrected chi connectivity index (χ1v) is 10.2. The summed E-state index contributed by atoms with van der Waals surface area (Å²) in [7, 11) is 0. The molecule has 0 aromatic carbocycles. The topological polar surface area (TPSA) is 73.0 Å². The zero-order chi connectivity index (χ0) is 18.5. The maximum Gasteiger partial charge on any atom is 0.317 e. The van der Waals surface area contributed by atoms with Crippen molar-refractivity contribution in [2.45, 2.75) is 57.9 Å². The summed E-state index contributed by atoms with van der Waals surface area (Å²) in [5.74, 6) is 0.661. The van der Waals surface area contributed by atoms with E-state index >= 15 is 0 Å². The van der Waals surface area contributed by atoms with Gasteiger partial charge in [-0.2, -0.15) is 0 Å². The van der Waals surface area contributed by atoms with Crippen molar-refractivity contribution in [3.63, 3.8) is 0 Å². The molecule has 0 radical (unpaired) electrons. The smallest absolute Gasteiger partial charge is 0.317 e. The van der Waals surface area contributed by atoms with E-state index in [0.717, 1.165) is 38.6 Å². The first kappa shape index (κ1) is 19.0. The first-order valence-electron chi connectivity index (χ1n) is 10.2. The van der Waals surface area contributed by atoms with Gasteiger partial charge in [0.25, 0.3) is 0 Å². The summed E-state index contributed by atoms with van der Waals surface area (Å²) in [6.45, 7) is 5.72. The van der Waals surface area contributed by atoms with E-state index in [0.29, 0.717) is 39.1 Å². The summed E-state index contributed by atoms with van der Waals surface area (Å²) in [6.07, 6.45) is 7.15. The SMILES string of the molecule is CC(CN1CCCC1=O)NC(=O)N1CCN(C(=O)C2CCCCC2)CC1. The van der Waals surface area contributed by atoms with Crippen LogP contribution in [0.15, 0.2) is 0 Å². The lowest BCUT2D eigenvalue weighted by Gasteiger charge is -2.37. The van der Waals surface area contributed by atoms with Gasteiger partial charge in [0.2, 0.25) is 11.8 Å². The Labute approximate surface area is 156 Å². The van der Waals surface area contributed by atoms with Crippen molar-refractivity contribution < 1.29 is 14.4 Å². The summed E-state index contributed by atoms with van der Waals surface area (Å²) in [5, 5.41) is 2.99. The highest BCUT2D eigenvalue weighted by molar-refractivity contribution is 5.80. The number of amides is 4. The van der Waals surface area contributed by atoms with E-state index in [1.165, 1.54) is 6.42 Å². The summed E-state index contributed by atoms with van der Waals surface area (Å²) < 4.78 is 0. The molecule has 7 heteroatoms. The molecule has 0 bridgehead atoms. The van der Waals surface area contributed by atoms with Gasteiger partial charge in [-0.3, -0.25) is 9.59 Å². The molecule has 3 aliphatic rings. The summed E-state index contributed by atoms with van der Waals surface area (Å²) in [5.41, 5.74) is 0. The predicted octanol–water partition coefficient (Wildman–Crippen LogP) is 1.43. The molecule has 1 N–H and O–H groups in total. The van der Waals surface area contributed by atoms with Crippen LogP contribution in [0.3, 0.4) is 0 Å². The fraction of sp³-hybridized carbons (Fsp3) is 0.842. The molecule has 2 saturated heterocycles. The Morgan fingerprint density at radius 3 is 2.27 bits per heavy atom. The Bertz CT molecular complexity index is 525. The zero-order valence-electron chi connectivity index (χ0n) is 15.9. The molecule has 3 fully saturated rings. The number of likely N-dealkylation sites (tertiary alicyclic amines) is 1. The van der Waals surface area contributed by atoms with Crippen LogP contribution < -0.4 is 5.32 Å². The van der Waals surface area contributed by atoms with Gasteiger partial charge >= 0.3 is 6.03 Å². The van der Waals surface area contributed by atoms with Gasteiger partial charge in [0, 0.05) is 57.6 Å². The van der Waals surface area contributed by atoms with E-state index in [9.17, 15) is 14.4 Å². The molecular weight excluding hydrogens is 332 g/mol. The number of hydrogen-bond acceptors (Lipinski definition) is 3. The number of carbonyl (C=O) groups excluding carboxylic acids is 3. The molecule has 146 valence electrons. The van der Waals surface area contributed by atoms with Crippen molar-refractivity contribution in [3.8, 4) is 0 Å². The highest BCUT2D eigenvalue weighted by Crippen LogP contribution is 2.25. The number of nitrogens with zero attached hydrogens (tertiary/aromatic N) is 3. The van der Waals surface area contributed by atoms with Crippen LogP contribution in [0.2, 0.25) is 0 Å². The quantitative estimate of drug-likeness (QED) is 0.820. The standard InChI is InChI=1S/C19H32N4O3/c1-15(14-23-9-5-8-17(23)24)20-19(26)22-12-10-21(11-13-22)18(25)16-6-3-2-4-7-16/h15-16H,2-14H2,1H3,(H,20,26). The van der Waals surface area contributed by atoms with Crippen molar-refractivity contribution in [2.24, 2.45) is 5.92 Å². The van der Waals surface area contributed by atoms with E-state index in [4.69, 9.17) is 0 Å². The van der Waals surface area contributed by atoms with Crippen molar-refractivity contribution in [1.82, 2.24) is 20.0 Å². The van der Waals surface area contributed by atoms with Gasteiger partial charge in [-0.15, -0.1) is 0 Å².